The first-order valence-electron chi connectivity index (χ1n) is 14.7. The van der Waals surface area contributed by atoms with Crippen LogP contribution in [0.1, 0.15) is 88.3 Å². The number of aromatic nitrogens is 1. The summed E-state index contributed by atoms with van der Waals surface area (Å²) < 4.78 is 22.4. The molecule has 0 aliphatic heterocycles. The Kier molecular flexibility index (Phi) is 13.3. The van der Waals surface area contributed by atoms with E-state index in [4.69, 9.17) is 18.7 Å². The molecular weight excluding hydrogens is 502 g/mol. The highest BCUT2D eigenvalue weighted by atomic mass is 16.5. The molecule has 0 N–H and O–H groups in total. The molecule has 0 radical (unpaired) electrons. The minimum Gasteiger partial charge on any atom is -0.494 e. The first-order valence-corrected chi connectivity index (χ1v) is 14.7. The number of esters is 1. The van der Waals surface area contributed by atoms with Crippen LogP contribution in [0.2, 0.25) is 0 Å². The fourth-order valence-corrected chi connectivity index (χ4v) is 4.57. The lowest BCUT2D eigenvalue weighted by atomic mass is 9.96. The molecule has 1 aromatic heterocycles. The highest BCUT2D eigenvalue weighted by Crippen LogP contribution is 2.32. The van der Waals surface area contributed by atoms with E-state index >= 15 is 0 Å². The molecule has 2 aromatic carbocycles. The minimum absolute atomic E-state index is 0.324. The second kappa shape index (κ2) is 17.2. The van der Waals surface area contributed by atoms with Gasteiger partial charge in [0.05, 0.1) is 19.4 Å². The van der Waals surface area contributed by atoms with Crippen molar-refractivity contribution >= 4 is 5.97 Å². The SMILES string of the molecule is C=C(C)C(=O)OCCCc1cc(-c2ccc(OCCCCCCCCCC)cc2C)ccc1OCc1cnoc1. The average molecular weight is 548 g/mol. The molecule has 3 rings (SSSR count). The molecule has 0 amide bonds. The third-order valence-corrected chi connectivity index (χ3v) is 6.89. The van der Waals surface area contributed by atoms with Gasteiger partial charge in [0.1, 0.15) is 24.4 Å². The molecule has 0 spiro atoms. The Bertz CT molecular complexity index is 1190. The number of hydrogen-bond acceptors (Lipinski definition) is 6. The number of ether oxygens (including phenoxy) is 3. The van der Waals surface area contributed by atoms with Gasteiger partial charge in [-0.25, -0.2) is 4.79 Å². The van der Waals surface area contributed by atoms with Crippen LogP contribution in [0.25, 0.3) is 11.1 Å². The smallest absolute Gasteiger partial charge is 0.333 e. The third-order valence-electron chi connectivity index (χ3n) is 6.89. The van der Waals surface area contributed by atoms with Crippen molar-refractivity contribution in [2.24, 2.45) is 0 Å². The van der Waals surface area contributed by atoms with Crippen LogP contribution in [0.15, 0.2) is 65.5 Å². The molecule has 0 aliphatic rings. The zero-order valence-corrected chi connectivity index (χ0v) is 24.5. The summed E-state index contributed by atoms with van der Waals surface area (Å²) in [4.78, 5) is 11.7. The van der Waals surface area contributed by atoms with Crippen molar-refractivity contribution in [3.05, 3.63) is 77.7 Å². The van der Waals surface area contributed by atoms with Gasteiger partial charge in [0.15, 0.2) is 0 Å². The fraction of sp³-hybridized carbons (Fsp3) is 0.471. The molecular formula is C34H45NO5. The van der Waals surface area contributed by atoms with E-state index in [-0.39, 0.29) is 5.97 Å². The molecule has 0 atom stereocenters. The standard InChI is InChI=1S/C34H45NO5/c1-5-6-7-8-9-10-11-12-19-37-31-16-17-32(27(4)21-31)29-15-18-33(39-24-28-23-35-40-25-28)30(22-29)14-13-20-38-34(36)26(2)3/h15-18,21-23,25H,2,5-14,19-20,24H2,1,3-4H3. The van der Waals surface area contributed by atoms with E-state index in [1.54, 1.807) is 19.4 Å². The quantitative estimate of drug-likeness (QED) is 0.0848. The van der Waals surface area contributed by atoms with Crippen LogP contribution in [0, 0.1) is 6.92 Å². The molecule has 6 nitrogen and oxygen atoms in total. The number of carbonyl (C=O) groups excluding carboxylic acids is 1. The van der Waals surface area contributed by atoms with E-state index in [2.05, 4.69) is 55.9 Å². The lowest BCUT2D eigenvalue weighted by molar-refractivity contribution is -0.139. The van der Waals surface area contributed by atoms with Gasteiger partial charge in [0.25, 0.3) is 0 Å². The molecule has 0 bridgehead atoms. The first-order chi connectivity index (χ1) is 19.5. The largest absolute Gasteiger partial charge is 0.494 e. The number of hydrogen-bond donors (Lipinski definition) is 0. The van der Waals surface area contributed by atoms with E-state index in [1.807, 2.05) is 6.07 Å². The van der Waals surface area contributed by atoms with Crippen molar-refractivity contribution < 1.29 is 23.5 Å². The second-order valence-electron chi connectivity index (χ2n) is 10.5. The molecule has 3 aromatic rings. The highest BCUT2D eigenvalue weighted by Gasteiger charge is 2.11. The van der Waals surface area contributed by atoms with Crippen molar-refractivity contribution in [1.29, 1.82) is 0 Å². The van der Waals surface area contributed by atoms with E-state index in [0.29, 0.717) is 31.6 Å². The minimum atomic E-state index is -0.363. The van der Waals surface area contributed by atoms with Crippen LogP contribution in [-0.4, -0.2) is 24.3 Å². The Balaban J connectivity index is 1.59. The van der Waals surface area contributed by atoms with E-state index in [1.165, 1.54) is 44.9 Å². The molecule has 0 aliphatic carbocycles. The van der Waals surface area contributed by atoms with Gasteiger partial charge >= 0.3 is 5.97 Å². The Morgan fingerprint density at radius 1 is 0.925 bits per heavy atom. The highest BCUT2D eigenvalue weighted by molar-refractivity contribution is 5.86. The summed E-state index contributed by atoms with van der Waals surface area (Å²) >= 11 is 0. The van der Waals surface area contributed by atoms with Gasteiger partial charge in [0.2, 0.25) is 0 Å². The summed E-state index contributed by atoms with van der Waals surface area (Å²) in [5.41, 5.74) is 5.74. The molecule has 1 heterocycles. The summed E-state index contributed by atoms with van der Waals surface area (Å²) in [6.07, 6.45) is 14.9. The van der Waals surface area contributed by atoms with Gasteiger partial charge < -0.3 is 18.7 Å². The summed E-state index contributed by atoms with van der Waals surface area (Å²) in [6.45, 7) is 11.1. The van der Waals surface area contributed by atoms with Crippen LogP contribution in [0.5, 0.6) is 11.5 Å². The van der Waals surface area contributed by atoms with Gasteiger partial charge in [-0.2, -0.15) is 0 Å². The predicted octanol–water partition coefficient (Wildman–Crippen LogP) is 8.80. The van der Waals surface area contributed by atoms with E-state index in [0.717, 1.165) is 52.3 Å². The van der Waals surface area contributed by atoms with Crippen molar-refractivity contribution in [3.63, 3.8) is 0 Å². The number of nitrogens with zero attached hydrogens (tertiary/aromatic N) is 1. The number of rotatable bonds is 19. The van der Waals surface area contributed by atoms with Crippen molar-refractivity contribution in [3.8, 4) is 22.6 Å². The molecule has 0 fully saturated rings. The molecule has 216 valence electrons. The Morgan fingerprint density at radius 3 is 2.40 bits per heavy atom. The van der Waals surface area contributed by atoms with Gasteiger partial charge in [-0.3, -0.25) is 0 Å². The second-order valence-corrected chi connectivity index (χ2v) is 10.5. The lowest BCUT2D eigenvalue weighted by Crippen LogP contribution is -2.07. The number of unbranched alkanes of at least 4 members (excludes halogenated alkanes) is 7. The maximum Gasteiger partial charge on any atom is 0.333 e. The summed E-state index contributed by atoms with van der Waals surface area (Å²) in [5, 5.41) is 3.74. The summed E-state index contributed by atoms with van der Waals surface area (Å²) in [5.74, 6) is 1.34. The topological polar surface area (TPSA) is 70.8 Å². The summed E-state index contributed by atoms with van der Waals surface area (Å²) in [6, 6.07) is 12.5. The molecule has 0 saturated heterocycles. The van der Waals surface area contributed by atoms with E-state index < -0.39 is 0 Å². The zero-order valence-electron chi connectivity index (χ0n) is 24.5. The van der Waals surface area contributed by atoms with Crippen LogP contribution in [0.3, 0.4) is 0 Å². The van der Waals surface area contributed by atoms with Crippen LogP contribution in [0.4, 0.5) is 0 Å². The van der Waals surface area contributed by atoms with Gasteiger partial charge in [-0.1, -0.05) is 75.7 Å². The molecule has 6 heteroatoms. The van der Waals surface area contributed by atoms with Gasteiger partial charge in [0, 0.05) is 11.1 Å². The molecule has 40 heavy (non-hydrogen) atoms. The fourth-order valence-electron chi connectivity index (χ4n) is 4.57. The Hall–Kier alpha value is -3.54. The number of aryl methyl sites for hydroxylation is 2. The third kappa shape index (κ3) is 10.6. The maximum absolute atomic E-state index is 11.7. The number of carbonyl (C=O) groups is 1. The van der Waals surface area contributed by atoms with Crippen molar-refractivity contribution in [2.75, 3.05) is 13.2 Å². The van der Waals surface area contributed by atoms with Gasteiger partial charge in [-0.15, -0.1) is 0 Å². The molecule has 0 unspecified atom stereocenters. The predicted molar refractivity (Wildman–Crippen MR) is 160 cm³/mol. The normalized spacial score (nSPS) is 10.9. The van der Waals surface area contributed by atoms with E-state index in [9.17, 15) is 4.79 Å². The van der Waals surface area contributed by atoms with Crippen LogP contribution < -0.4 is 9.47 Å². The number of benzene rings is 2. The van der Waals surface area contributed by atoms with Gasteiger partial charge in [-0.05, 0) is 79.6 Å². The summed E-state index contributed by atoms with van der Waals surface area (Å²) in [7, 11) is 0. The van der Waals surface area contributed by atoms with Crippen LogP contribution in [-0.2, 0) is 22.6 Å². The lowest BCUT2D eigenvalue weighted by Gasteiger charge is -2.15. The van der Waals surface area contributed by atoms with Crippen molar-refractivity contribution in [1.82, 2.24) is 5.16 Å². The van der Waals surface area contributed by atoms with Crippen molar-refractivity contribution in [2.45, 2.75) is 91.6 Å². The molecule has 0 saturated carbocycles. The monoisotopic (exact) mass is 547 g/mol. The Morgan fingerprint density at radius 2 is 1.70 bits per heavy atom. The maximum atomic E-state index is 11.7. The Labute approximate surface area is 239 Å². The zero-order chi connectivity index (χ0) is 28.6. The first kappa shape index (κ1) is 31.0. The average Bonchev–Trinajstić information content (AvgIpc) is 3.47. The van der Waals surface area contributed by atoms with Crippen LogP contribution >= 0.6 is 0 Å².